The molecule has 2 aliphatic rings. The lowest BCUT2D eigenvalue weighted by Crippen LogP contribution is -2.70. The molecule has 0 spiro atoms. The molecule has 236 valence electrons. The number of aromatic amines is 1. The molecule has 4 rings (SSSR count). The van der Waals surface area contributed by atoms with Crippen molar-refractivity contribution >= 4 is 112 Å². The second kappa shape index (κ2) is 15.9. The number of halogens is 2. The molecule has 6 N–H and O–H groups in total. The molecule has 0 bridgehead atoms. The Morgan fingerprint density at radius 2 is 1.73 bits per heavy atom. The van der Waals surface area contributed by atoms with Crippen molar-refractivity contribution in [3.8, 4) is 0 Å². The number of carbonyl (C=O) groups excluding carboxylic acids is 2. The van der Waals surface area contributed by atoms with Crippen molar-refractivity contribution in [2.45, 2.75) is 26.4 Å². The van der Waals surface area contributed by atoms with E-state index in [4.69, 9.17) is 33.4 Å². The number of carboxylic acid groups (broad SMARTS) is 2. The van der Waals surface area contributed by atoms with E-state index in [2.05, 4.69) is 20.6 Å². The normalized spacial score (nSPS) is 17.6. The van der Waals surface area contributed by atoms with E-state index in [-0.39, 0.29) is 35.9 Å². The largest absolute Gasteiger partial charge is 0.481 e. The minimum absolute atomic E-state index is 0.0916. The first-order chi connectivity index (χ1) is 21.0. The predicted octanol–water partition coefficient (Wildman–Crippen LogP) is 2.93. The topological polar surface area (TPSA) is 202 Å². The number of thioether (sulfide) groups is 5. The van der Waals surface area contributed by atoms with Crippen LogP contribution >= 0.6 is 82.0 Å². The highest BCUT2D eigenvalue weighted by Crippen LogP contribution is 2.44. The van der Waals surface area contributed by atoms with Crippen LogP contribution in [0.1, 0.15) is 0 Å². The Morgan fingerprint density at radius 3 is 2.36 bits per heavy atom. The monoisotopic (exact) mass is 739 g/mol. The Morgan fingerprint density at radius 1 is 1.05 bits per heavy atom. The van der Waals surface area contributed by atoms with Crippen molar-refractivity contribution in [1.29, 1.82) is 0 Å². The summed E-state index contributed by atoms with van der Waals surface area (Å²) in [6, 6.07) is 3.42. The molecular formula is C24H23Cl2N5O8S5. The summed E-state index contributed by atoms with van der Waals surface area (Å²) in [6.07, 6.45) is 0. The van der Waals surface area contributed by atoms with E-state index in [1.165, 1.54) is 52.3 Å². The molecule has 2 aromatic rings. The molecular weight excluding hydrogens is 718 g/mol. The van der Waals surface area contributed by atoms with E-state index < -0.39 is 35.2 Å². The fraction of sp³-hybridized carbons (Fsp3) is 0.333. The number of anilines is 1. The molecule has 1 saturated heterocycles. The van der Waals surface area contributed by atoms with Gasteiger partial charge in [-0.25, -0.2) is 9.78 Å². The zero-order valence-corrected chi connectivity index (χ0v) is 27.8. The number of fused-ring (bicyclic) bond motifs is 1. The predicted molar refractivity (Wildman–Crippen MR) is 174 cm³/mol. The standard InChI is InChI=1S/C24H23Cl2N5O8S5/c25-10-4-13(41-8-18(35)36)11(26)3-12(10)40-7-17(34)29-19-21(37)31-20(23(38)39)14(6-42-22(19)31)43-9-44-24-28-15(27-1-2-32)5-16(33)30-24/h3-5,19,22,32H,1-2,6-9H2,(H,29,34)(H,35,36)(H,38,39)(H2,27,28,30,33)/t19-,22-/m1/s1. The number of nitrogens with one attached hydrogen (secondary N) is 3. The van der Waals surface area contributed by atoms with Gasteiger partial charge in [0.15, 0.2) is 5.16 Å². The molecule has 20 heteroatoms. The zero-order valence-electron chi connectivity index (χ0n) is 22.2. The number of β-lactam (4-membered cyclic amide) rings is 1. The highest BCUT2D eigenvalue weighted by molar-refractivity contribution is 8.18. The number of aromatic nitrogens is 2. The number of aliphatic hydroxyl groups excluding tert-OH is 1. The molecule has 2 aliphatic heterocycles. The summed E-state index contributed by atoms with van der Waals surface area (Å²) >= 11 is 18.3. The number of nitrogens with zero attached hydrogens (tertiary/aromatic N) is 2. The van der Waals surface area contributed by atoms with Crippen LogP contribution in [0.15, 0.2) is 48.5 Å². The average molecular weight is 741 g/mol. The number of benzene rings is 1. The molecule has 0 saturated carbocycles. The Bertz CT molecular complexity index is 1560. The molecule has 44 heavy (non-hydrogen) atoms. The minimum atomic E-state index is -1.27. The van der Waals surface area contributed by atoms with E-state index in [1.54, 1.807) is 6.07 Å². The SMILES string of the molecule is O=C(O)CSc1cc(Cl)c(SCC(=O)N[C@@H]2C(=O)N3C(C(=O)O)=C(SCSc4nc(NCCO)cc(=O)[nH]4)CS[C@H]23)cc1Cl. The summed E-state index contributed by atoms with van der Waals surface area (Å²) in [4.78, 5) is 70.0. The van der Waals surface area contributed by atoms with E-state index in [9.17, 15) is 29.1 Å². The first-order valence-corrected chi connectivity index (χ1v) is 18.1. The maximum atomic E-state index is 13.0. The van der Waals surface area contributed by atoms with E-state index >= 15 is 0 Å². The molecule has 3 heterocycles. The van der Waals surface area contributed by atoms with Crippen molar-refractivity contribution in [2.75, 3.05) is 40.8 Å². The minimum Gasteiger partial charge on any atom is -0.481 e. The van der Waals surface area contributed by atoms with Crippen LogP contribution in [0.5, 0.6) is 0 Å². The van der Waals surface area contributed by atoms with E-state index in [1.807, 2.05) is 0 Å². The third kappa shape index (κ3) is 8.74. The molecule has 13 nitrogen and oxygen atoms in total. The van der Waals surface area contributed by atoms with Gasteiger partial charge < -0.3 is 30.9 Å². The first-order valence-electron chi connectivity index (χ1n) is 12.4. The highest BCUT2D eigenvalue weighted by atomic mass is 35.5. The first kappa shape index (κ1) is 34.7. The molecule has 0 radical (unpaired) electrons. The molecule has 2 atom stereocenters. The number of aliphatic hydroxyl groups is 1. The van der Waals surface area contributed by atoms with Crippen LogP contribution in [0.25, 0.3) is 0 Å². The van der Waals surface area contributed by atoms with Gasteiger partial charge in [-0.3, -0.25) is 24.1 Å². The van der Waals surface area contributed by atoms with Gasteiger partial charge in [-0.1, -0.05) is 35.0 Å². The second-order valence-electron chi connectivity index (χ2n) is 8.71. The van der Waals surface area contributed by atoms with Gasteiger partial charge >= 0.3 is 11.9 Å². The lowest BCUT2D eigenvalue weighted by atomic mass is 10.1. The van der Waals surface area contributed by atoms with Gasteiger partial charge in [-0.05, 0) is 12.1 Å². The highest BCUT2D eigenvalue weighted by Gasteiger charge is 2.54. The maximum absolute atomic E-state index is 13.0. The third-order valence-corrected chi connectivity index (χ3v) is 12.2. The zero-order chi connectivity index (χ0) is 32.0. The fourth-order valence-electron chi connectivity index (χ4n) is 3.87. The molecule has 0 aliphatic carbocycles. The summed E-state index contributed by atoms with van der Waals surface area (Å²) in [5.41, 5.74) is -0.532. The van der Waals surface area contributed by atoms with Gasteiger partial charge in [0.05, 0.1) is 33.2 Å². The maximum Gasteiger partial charge on any atom is 0.353 e. The summed E-state index contributed by atoms with van der Waals surface area (Å²) in [6.45, 7) is 0.0909. The lowest BCUT2D eigenvalue weighted by molar-refractivity contribution is -0.150. The molecule has 1 aromatic carbocycles. The van der Waals surface area contributed by atoms with Crippen molar-refractivity contribution in [2.24, 2.45) is 0 Å². The van der Waals surface area contributed by atoms with Crippen LogP contribution in [0.4, 0.5) is 5.82 Å². The molecule has 0 unspecified atom stereocenters. The number of hydrogen-bond acceptors (Lipinski definition) is 13. The molecule has 1 aromatic heterocycles. The Labute approximate surface area is 281 Å². The number of H-pyrrole nitrogens is 1. The fourth-order valence-corrected chi connectivity index (χ4v) is 9.74. The van der Waals surface area contributed by atoms with Crippen molar-refractivity contribution in [3.63, 3.8) is 0 Å². The summed E-state index contributed by atoms with van der Waals surface area (Å²) in [5.74, 6) is -2.96. The number of aliphatic carboxylic acids is 2. The van der Waals surface area contributed by atoms with Gasteiger partial charge in [-0.2, -0.15) is 0 Å². The van der Waals surface area contributed by atoms with Crippen LogP contribution < -0.4 is 16.2 Å². The van der Waals surface area contributed by atoms with Gasteiger partial charge in [0.2, 0.25) is 5.91 Å². The van der Waals surface area contributed by atoms with Gasteiger partial charge in [0, 0.05) is 33.1 Å². The second-order valence-corrected chi connectivity index (χ2v) is 15.1. The van der Waals surface area contributed by atoms with Gasteiger partial charge in [0.1, 0.15) is 22.9 Å². The van der Waals surface area contributed by atoms with E-state index in [0.717, 1.165) is 23.5 Å². The smallest absolute Gasteiger partial charge is 0.353 e. The Kier molecular flexibility index (Phi) is 12.5. The Balaban J connectivity index is 1.33. The Hall–Kier alpha value is -2.19. The molecule has 2 amide bonds. The lowest BCUT2D eigenvalue weighted by Gasteiger charge is -2.49. The summed E-state index contributed by atoms with van der Waals surface area (Å²) < 4.78 is 0. The quantitative estimate of drug-likeness (QED) is 0.0673. The van der Waals surface area contributed by atoms with Crippen LogP contribution in [0.3, 0.4) is 0 Å². The van der Waals surface area contributed by atoms with Crippen LogP contribution in [-0.4, -0.2) is 101 Å². The van der Waals surface area contributed by atoms with Crippen LogP contribution in [0, 0.1) is 0 Å². The number of carbonyl (C=O) groups is 4. The van der Waals surface area contributed by atoms with Crippen molar-refractivity contribution in [3.05, 3.63) is 49.2 Å². The third-order valence-electron chi connectivity index (χ3n) is 5.72. The van der Waals surface area contributed by atoms with Crippen molar-refractivity contribution in [1.82, 2.24) is 20.2 Å². The summed E-state index contributed by atoms with van der Waals surface area (Å²) in [7, 11) is 0. The van der Waals surface area contributed by atoms with E-state index in [0.29, 0.717) is 46.6 Å². The number of carboxylic acids is 2. The van der Waals surface area contributed by atoms with Gasteiger partial charge in [0.25, 0.3) is 11.5 Å². The number of amides is 2. The molecule has 1 fully saturated rings. The van der Waals surface area contributed by atoms with Crippen molar-refractivity contribution < 1.29 is 34.5 Å². The van der Waals surface area contributed by atoms with Gasteiger partial charge in [-0.15, -0.1) is 47.0 Å². The average Bonchev–Trinajstić information content (AvgIpc) is 2.97. The number of hydrogen-bond donors (Lipinski definition) is 6. The number of rotatable bonds is 15. The van der Waals surface area contributed by atoms with Crippen LogP contribution in [0.2, 0.25) is 10.0 Å². The van der Waals surface area contributed by atoms with Crippen LogP contribution in [-0.2, 0) is 19.2 Å². The summed E-state index contributed by atoms with van der Waals surface area (Å²) in [5, 5.41) is 33.8.